The van der Waals surface area contributed by atoms with Gasteiger partial charge in [-0.25, -0.2) is 4.39 Å². The van der Waals surface area contributed by atoms with Gasteiger partial charge in [0.2, 0.25) is 5.91 Å². The molecule has 0 unspecified atom stereocenters. The van der Waals surface area contributed by atoms with Crippen molar-refractivity contribution in [2.45, 2.75) is 20.4 Å². The van der Waals surface area contributed by atoms with Crippen LogP contribution in [0.1, 0.15) is 18.1 Å². The summed E-state index contributed by atoms with van der Waals surface area (Å²) in [5.74, 6) is -0.558. The van der Waals surface area contributed by atoms with Crippen LogP contribution in [0.3, 0.4) is 0 Å². The van der Waals surface area contributed by atoms with Crippen LogP contribution in [0.5, 0.6) is 0 Å². The largest absolute Gasteiger partial charge is 0.379 e. The predicted octanol–water partition coefficient (Wildman–Crippen LogP) is 4.36. The highest BCUT2D eigenvalue weighted by molar-refractivity contribution is 6.30. The summed E-state index contributed by atoms with van der Waals surface area (Å²) in [4.78, 5) is 11.0. The number of hydrogen-bond donors (Lipinski definition) is 2. The lowest BCUT2D eigenvalue weighted by atomic mass is 10.1. The van der Waals surface area contributed by atoms with Gasteiger partial charge in [0.15, 0.2) is 0 Å². The summed E-state index contributed by atoms with van der Waals surface area (Å²) in [6, 6.07) is 9.98. The monoisotopic (exact) mass is 306 g/mol. The summed E-state index contributed by atoms with van der Waals surface area (Å²) in [6.07, 6.45) is 0. The Hall–Kier alpha value is -2.07. The number of aryl methyl sites for hydroxylation is 1. The highest BCUT2D eigenvalue weighted by Crippen LogP contribution is 2.22. The minimum atomic E-state index is -0.365. The average Bonchev–Trinajstić information content (AvgIpc) is 2.40. The molecule has 2 rings (SSSR count). The zero-order valence-corrected chi connectivity index (χ0v) is 12.6. The summed E-state index contributed by atoms with van der Waals surface area (Å²) in [6.45, 7) is 3.84. The smallest absolute Gasteiger partial charge is 0.221 e. The van der Waals surface area contributed by atoms with Crippen molar-refractivity contribution in [1.29, 1.82) is 0 Å². The number of halogens is 2. The lowest BCUT2D eigenvalue weighted by molar-refractivity contribution is -0.114. The maximum Gasteiger partial charge on any atom is 0.221 e. The van der Waals surface area contributed by atoms with Gasteiger partial charge in [-0.15, -0.1) is 0 Å². The van der Waals surface area contributed by atoms with E-state index in [2.05, 4.69) is 10.6 Å². The second-order valence-corrected chi connectivity index (χ2v) is 5.24. The summed E-state index contributed by atoms with van der Waals surface area (Å²) >= 11 is 5.91. The van der Waals surface area contributed by atoms with Gasteiger partial charge in [0.05, 0.1) is 5.69 Å². The number of carbonyl (C=O) groups is 1. The number of anilines is 2. The summed E-state index contributed by atoms with van der Waals surface area (Å²) in [5.41, 5.74) is 2.96. The summed E-state index contributed by atoms with van der Waals surface area (Å²) < 4.78 is 13.8. The molecule has 3 nitrogen and oxygen atoms in total. The molecule has 21 heavy (non-hydrogen) atoms. The fraction of sp³-hybridized carbons (Fsp3) is 0.188. The van der Waals surface area contributed by atoms with Gasteiger partial charge in [0.1, 0.15) is 5.82 Å². The van der Waals surface area contributed by atoms with E-state index in [1.807, 2.05) is 19.1 Å². The highest BCUT2D eigenvalue weighted by atomic mass is 35.5. The molecule has 0 atom stereocenters. The zero-order valence-electron chi connectivity index (χ0n) is 11.8. The van der Waals surface area contributed by atoms with Crippen LogP contribution in [0.15, 0.2) is 36.4 Å². The first-order valence-electron chi connectivity index (χ1n) is 6.52. The molecule has 2 N–H and O–H groups in total. The molecule has 0 aliphatic rings. The van der Waals surface area contributed by atoms with Crippen molar-refractivity contribution in [2.75, 3.05) is 10.6 Å². The molecule has 0 aromatic heterocycles. The van der Waals surface area contributed by atoms with Crippen LogP contribution in [0.25, 0.3) is 0 Å². The molecule has 110 valence electrons. The predicted molar refractivity (Wildman–Crippen MR) is 84.2 cm³/mol. The standard InChI is InChI=1S/C16H16ClFN2O/c1-10-7-13(17)4-3-12(10)9-19-16-8-14(20-11(2)21)5-6-15(16)18/h3-8,19H,9H2,1-2H3,(H,20,21). The minimum Gasteiger partial charge on any atom is -0.379 e. The molecule has 2 aromatic rings. The van der Waals surface area contributed by atoms with Crippen LogP contribution in [-0.2, 0) is 11.3 Å². The summed E-state index contributed by atoms with van der Waals surface area (Å²) in [7, 11) is 0. The van der Waals surface area contributed by atoms with E-state index in [0.29, 0.717) is 22.9 Å². The second-order valence-electron chi connectivity index (χ2n) is 4.80. The summed E-state index contributed by atoms with van der Waals surface area (Å²) in [5, 5.41) is 6.34. The van der Waals surface area contributed by atoms with Gasteiger partial charge in [-0.3, -0.25) is 4.79 Å². The van der Waals surface area contributed by atoms with Crippen LogP contribution < -0.4 is 10.6 Å². The molecule has 0 radical (unpaired) electrons. The molecular weight excluding hydrogens is 291 g/mol. The molecule has 2 aromatic carbocycles. The average molecular weight is 307 g/mol. The Balaban J connectivity index is 2.13. The second kappa shape index (κ2) is 6.59. The Morgan fingerprint density at radius 2 is 2.00 bits per heavy atom. The van der Waals surface area contributed by atoms with E-state index in [0.717, 1.165) is 11.1 Å². The SMILES string of the molecule is CC(=O)Nc1ccc(F)c(NCc2ccc(Cl)cc2C)c1. The van der Waals surface area contributed by atoms with Crippen molar-refractivity contribution in [3.63, 3.8) is 0 Å². The minimum absolute atomic E-state index is 0.193. The molecule has 0 spiro atoms. The van der Waals surface area contributed by atoms with Crippen molar-refractivity contribution in [3.05, 3.63) is 58.4 Å². The molecule has 1 amide bonds. The first-order valence-corrected chi connectivity index (χ1v) is 6.89. The molecule has 0 aliphatic carbocycles. The number of nitrogens with one attached hydrogen (secondary N) is 2. The molecule has 0 heterocycles. The van der Waals surface area contributed by atoms with E-state index in [9.17, 15) is 9.18 Å². The number of hydrogen-bond acceptors (Lipinski definition) is 2. The van der Waals surface area contributed by atoms with Crippen LogP contribution in [0.4, 0.5) is 15.8 Å². The third kappa shape index (κ3) is 4.20. The van der Waals surface area contributed by atoms with E-state index < -0.39 is 0 Å². The molecule has 0 aliphatic heterocycles. The van der Waals surface area contributed by atoms with Crippen LogP contribution >= 0.6 is 11.6 Å². The molecule has 0 bridgehead atoms. The maximum absolute atomic E-state index is 13.8. The van der Waals surface area contributed by atoms with E-state index in [4.69, 9.17) is 11.6 Å². The van der Waals surface area contributed by atoms with Gasteiger partial charge in [0, 0.05) is 24.2 Å². The van der Waals surface area contributed by atoms with Gasteiger partial charge in [-0.1, -0.05) is 17.7 Å². The molecule has 0 fully saturated rings. The number of amides is 1. The third-order valence-corrected chi connectivity index (χ3v) is 3.30. The van der Waals surface area contributed by atoms with Gasteiger partial charge in [-0.05, 0) is 48.4 Å². The lowest BCUT2D eigenvalue weighted by Crippen LogP contribution is -2.07. The Kier molecular flexibility index (Phi) is 4.81. The highest BCUT2D eigenvalue weighted by Gasteiger charge is 2.06. The molecule has 0 saturated carbocycles. The van der Waals surface area contributed by atoms with Gasteiger partial charge >= 0.3 is 0 Å². The third-order valence-electron chi connectivity index (χ3n) is 3.06. The molecule has 5 heteroatoms. The normalized spacial score (nSPS) is 10.3. The number of rotatable bonds is 4. The Morgan fingerprint density at radius 1 is 1.24 bits per heavy atom. The Morgan fingerprint density at radius 3 is 2.67 bits per heavy atom. The van der Waals surface area contributed by atoms with Crippen molar-refractivity contribution in [1.82, 2.24) is 0 Å². The molecule has 0 saturated heterocycles. The van der Waals surface area contributed by atoms with E-state index in [-0.39, 0.29) is 11.7 Å². The quantitative estimate of drug-likeness (QED) is 0.881. The first-order chi connectivity index (χ1) is 9.95. The Labute approximate surface area is 128 Å². The van der Waals surface area contributed by atoms with Crippen LogP contribution in [0, 0.1) is 12.7 Å². The fourth-order valence-electron chi connectivity index (χ4n) is 1.99. The van der Waals surface area contributed by atoms with Gasteiger partial charge in [-0.2, -0.15) is 0 Å². The topological polar surface area (TPSA) is 41.1 Å². The van der Waals surface area contributed by atoms with E-state index >= 15 is 0 Å². The van der Waals surface area contributed by atoms with E-state index in [1.165, 1.54) is 19.1 Å². The Bertz CT molecular complexity index is 673. The lowest BCUT2D eigenvalue weighted by Gasteiger charge is -2.12. The maximum atomic E-state index is 13.8. The number of carbonyl (C=O) groups excluding carboxylic acids is 1. The van der Waals surface area contributed by atoms with Gasteiger partial charge in [0.25, 0.3) is 0 Å². The van der Waals surface area contributed by atoms with Gasteiger partial charge < -0.3 is 10.6 Å². The zero-order chi connectivity index (χ0) is 15.4. The molecular formula is C16H16ClFN2O. The van der Waals surface area contributed by atoms with Crippen molar-refractivity contribution >= 4 is 28.9 Å². The first kappa shape index (κ1) is 15.3. The number of benzene rings is 2. The van der Waals surface area contributed by atoms with Crippen molar-refractivity contribution in [3.8, 4) is 0 Å². The van der Waals surface area contributed by atoms with Crippen LogP contribution in [-0.4, -0.2) is 5.91 Å². The fourth-order valence-corrected chi connectivity index (χ4v) is 2.22. The van der Waals surface area contributed by atoms with Crippen LogP contribution in [0.2, 0.25) is 5.02 Å². The van der Waals surface area contributed by atoms with Crippen molar-refractivity contribution in [2.24, 2.45) is 0 Å². The van der Waals surface area contributed by atoms with Crippen molar-refractivity contribution < 1.29 is 9.18 Å². The van der Waals surface area contributed by atoms with E-state index in [1.54, 1.807) is 12.1 Å².